The zero-order valence-electron chi connectivity index (χ0n) is 17.0. The quantitative estimate of drug-likeness (QED) is 0.621. The van der Waals surface area contributed by atoms with Crippen LogP contribution >= 0.6 is 0 Å². The van der Waals surface area contributed by atoms with Crippen molar-refractivity contribution in [2.24, 2.45) is 0 Å². The first kappa shape index (κ1) is 19.4. The maximum Gasteiger partial charge on any atom is 0.225 e. The van der Waals surface area contributed by atoms with Crippen LogP contribution in [0.25, 0.3) is 22.5 Å². The first-order valence-electron chi connectivity index (χ1n) is 9.70. The minimum Gasteiger partial charge on any atom is -0.383 e. The highest BCUT2D eigenvalue weighted by Gasteiger charge is 2.23. The van der Waals surface area contributed by atoms with Gasteiger partial charge in [0.05, 0.1) is 35.4 Å². The van der Waals surface area contributed by atoms with Gasteiger partial charge in [-0.2, -0.15) is 0 Å². The molecule has 4 rings (SSSR count). The predicted molar refractivity (Wildman–Crippen MR) is 109 cm³/mol. The van der Waals surface area contributed by atoms with E-state index in [1.54, 1.807) is 25.7 Å². The van der Waals surface area contributed by atoms with Crippen LogP contribution < -0.4 is 4.90 Å². The standard InChI is InChI=1S/C20H25N7O2/c1-14-18(15(2)29-25-14)19-16(17-13-21-4-5-22-17)12-23-20(24-19)27-8-6-26(7-9-27)10-11-28-3/h4-5,12-13H,6-11H2,1-3H3. The van der Waals surface area contributed by atoms with E-state index in [0.29, 0.717) is 5.95 Å². The Balaban J connectivity index is 1.67. The van der Waals surface area contributed by atoms with Gasteiger partial charge >= 0.3 is 0 Å². The molecule has 4 heterocycles. The van der Waals surface area contributed by atoms with E-state index in [1.807, 2.05) is 20.0 Å². The largest absolute Gasteiger partial charge is 0.383 e. The molecular weight excluding hydrogens is 370 g/mol. The number of hydrogen-bond acceptors (Lipinski definition) is 9. The smallest absolute Gasteiger partial charge is 0.225 e. The summed E-state index contributed by atoms with van der Waals surface area (Å²) in [5.74, 6) is 1.43. The third-order valence-corrected chi connectivity index (χ3v) is 5.15. The van der Waals surface area contributed by atoms with E-state index in [2.05, 4.69) is 29.9 Å². The van der Waals surface area contributed by atoms with E-state index in [9.17, 15) is 0 Å². The molecule has 0 atom stereocenters. The average Bonchev–Trinajstić information content (AvgIpc) is 3.10. The predicted octanol–water partition coefficient (Wildman–Crippen LogP) is 1.97. The van der Waals surface area contributed by atoms with E-state index in [-0.39, 0.29) is 0 Å². The summed E-state index contributed by atoms with van der Waals surface area (Å²) in [4.78, 5) is 22.8. The summed E-state index contributed by atoms with van der Waals surface area (Å²) in [5.41, 5.74) is 3.98. The summed E-state index contributed by atoms with van der Waals surface area (Å²) < 4.78 is 10.6. The van der Waals surface area contributed by atoms with E-state index in [4.69, 9.17) is 14.2 Å². The molecule has 0 aliphatic carbocycles. The van der Waals surface area contributed by atoms with Gasteiger partial charge in [-0.3, -0.25) is 14.9 Å². The molecule has 0 radical (unpaired) electrons. The van der Waals surface area contributed by atoms with Gasteiger partial charge in [0.1, 0.15) is 5.76 Å². The van der Waals surface area contributed by atoms with Gasteiger partial charge in [0.15, 0.2) is 0 Å². The van der Waals surface area contributed by atoms with Crippen LogP contribution in [0.3, 0.4) is 0 Å². The lowest BCUT2D eigenvalue weighted by atomic mass is 10.0. The number of methoxy groups -OCH3 is 1. The highest BCUT2D eigenvalue weighted by Crippen LogP contribution is 2.34. The first-order valence-corrected chi connectivity index (χ1v) is 9.70. The highest BCUT2D eigenvalue weighted by molar-refractivity contribution is 5.80. The Morgan fingerprint density at radius 3 is 2.55 bits per heavy atom. The lowest BCUT2D eigenvalue weighted by molar-refractivity contribution is 0.143. The van der Waals surface area contributed by atoms with Gasteiger partial charge < -0.3 is 14.2 Å². The number of anilines is 1. The minimum absolute atomic E-state index is 0.707. The lowest BCUT2D eigenvalue weighted by Gasteiger charge is -2.34. The second-order valence-electron chi connectivity index (χ2n) is 7.04. The van der Waals surface area contributed by atoms with Crippen molar-refractivity contribution >= 4 is 5.95 Å². The molecule has 3 aromatic rings. The SMILES string of the molecule is COCCN1CCN(c2ncc(-c3cnccn3)c(-c3c(C)noc3C)n2)CC1. The molecule has 1 aliphatic heterocycles. The van der Waals surface area contributed by atoms with Gasteiger partial charge in [0.25, 0.3) is 0 Å². The van der Waals surface area contributed by atoms with Crippen molar-refractivity contribution in [2.75, 3.05) is 51.3 Å². The van der Waals surface area contributed by atoms with Crippen LogP contribution in [0, 0.1) is 13.8 Å². The summed E-state index contributed by atoms with van der Waals surface area (Å²) >= 11 is 0. The monoisotopic (exact) mass is 395 g/mol. The fraction of sp³-hybridized carbons (Fsp3) is 0.450. The van der Waals surface area contributed by atoms with Crippen molar-refractivity contribution in [3.05, 3.63) is 36.2 Å². The molecule has 9 nitrogen and oxygen atoms in total. The van der Waals surface area contributed by atoms with Crippen LogP contribution in [-0.4, -0.2) is 76.4 Å². The first-order chi connectivity index (χ1) is 14.2. The molecule has 1 fully saturated rings. The fourth-order valence-corrected chi connectivity index (χ4v) is 3.55. The zero-order chi connectivity index (χ0) is 20.2. The second kappa shape index (κ2) is 8.62. The zero-order valence-corrected chi connectivity index (χ0v) is 17.0. The van der Waals surface area contributed by atoms with Crippen molar-refractivity contribution in [2.45, 2.75) is 13.8 Å². The van der Waals surface area contributed by atoms with Crippen molar-refractivity contribution < 1.29 is 9.26 Å². The molecular formula is C20H25N7O2. The van der Waals surface area contributed by atoms with Gasteiger partial charge in [0, 0.05) is 64.0 Å². The summed E-state index contributed by atoms with van der Waals surface area (Å²) in [5, 5.41) is 4.10. The van der Waals surface area contributed by atoms with E-state index >= 15 is 0 Å². The molecule has 0 bridgehead atoms. The average molecular weight is 395 g/mol. The summed E-state index contributed by atoms with van der Waals surface area (Å²) in [6.45, 7) is 9.17. The Hall–Kier alpha value is -2.91. The Bertz CT molecular complexity index is 933. The summed E-state index contributed by atoms with van der Waals surface area (Å²) in [6, 6.07) is 0. The summed E-state index contributed by atoms with van der Waals surface area (Å²) in [7, 11) is 1.74. The lowest BCUT2D eigenvalue weighted by Crippen LogP contribution is -2.47. The maximum atomic E-state index is 5.40. The Kier molecular flexibility index (Phi) is 5.77. The van der Waals surface area contributed by atoms with E-state index in [0.717, 1.165) is 73.3 Å². The molecule has 3 aromatic heterocycles. The fourth-order valence-electron chi connectivity index (χ4n) is 3.55. The van der Waals surface area contributed by atoms with E-state index in [1.165, 1.54) is 0 Å². The molecule has 1 saturated heterocycles. The Morgan fingerprint density at radius 1 is 1.07 bits per heavy atom. The number of rotatable bonds is 6. The van der Waals surface area contributed by atoms with Crippen molar-refractivity contribution in [1.82, 2.24) is 30.0 Å². The maximum absolute atomic E-state index is 5.40. The number of ether oxygens (including phenoxy) is 1. The van der Waals surface area contributed by atoms with Crippen LogP contribution in [-0.2, 0) is 4.74 Å². The van der Waals surface area contributed by atoms with Crippen LogP contribution in [0.4, 0.5) is 5.95 Å². The molecule has 0 amide bonds. The van der Waals surface area contributed by atoms with Gasteiger partial charge in [0.2, 0.25) is 5.95 Å². The van der Waals surface area contributed by atoms with Crippen LogP contribution in [0.15, 0.2) is 29.3 Å². The van der Waals surface area contributed by atoms with Crippen LogP contribution in [0.5, 0.6) is 0 Å². The summed E-state index contributed by atoms with van der Waals surface area (Å²) in [6.07, 6.45) is 6.86. The number of nitrogens with zero attached hydrogens (tertiary/aromatic N) is 7. The molecule has 0 N–H and O–H groups in total. The molecule has 0 unspecified atom stereocenters. The van der Waals surface area contributed by atoms with Crippen molar-refractivity contribution in [3.63, 3.8) is 0 Å². The molecule has 0 spiro atoms. The number of piperazine rings is 1. The van der Waals surface area contributed by atoms with Gasteiger partial charge in [-0.05, 0) is 13.8 Å². The number of aromatic nitrogens is 5. The number of aryl methyl sites for hydroxylation is 2. The topological polar surface area (TPSA) is 93.3 Å². The second-order valence-corrected chi connectivity index (χ2v) is 7.04. The van der Waals surface area contributed by atoms with Crippen molar-refractivity contribution in [1.29, 1.82) is 0 Å². The van der Waals surface area contributed by atoms with Gasteiger partial charge in [-0.25, -0.2) is 9.97 Å². The molecule has 0 saturated carbocycles. The molecule has 0 aromatic carbocycles. The van der Waals surface area contributed by atoms with Crippen molar-refractivity contribution in [3.8, 4) is 22.5 Å². The molecule has 9 heteroatoms. The van der Waals surface area contributed by atoms with Gasteiger partial charge in [-0.15, -0.1) is 0 Å². The van der Waals surface area contributed by atoms with E-state index < -0.39 is 0 Å². The minimum atomic E-state index is 0.707. The van der Waals surface area contributed by atoms with Crippen LogP contribution in [0.2, 0.25) is 0 Å². The Labute approximate surface area is 169 Å². The molecule has 1 aliphatic rings. The van der Waals surface area contributed by atoms with Crippen LogP contribution in [0.1, 0.15) is 11.5 Å². The molecule has 152 valence electrons. The normalized spacial score (nSPS) is 15.1. The number of hydrogen-bond donors (Lipinski definition) is 0. The third kappa shape index (κ3) is 4.10. The molecule has 29 heavy (non-hydrogen) atoms. The Morgan fingerprint density at radius 2 is 1.90 bits per heavy atom. The van der Waals surface area contributed by atoms with Gasteiger partial charge in [-0.1, -0.05) is 5.16 Å². The third-order valence-electron chi connectivity index (χ3n) is 5.15. The highest BCUT2D eigenvalue weighted by atomic mass is 16.5.